The highest BCUT2D eigenvalue weighted by Gasteiger charge is 2.38. The maximum Gasteiger partial charge on any atom is 0.307 e. The van der Waals surface area contributed by atoms with Crippen molar-refractivity contribution in [3.63, 3.8) is 0 Å². The largest absolute Gasteiger partial charge is 0.481 e. The lowest BCUT2D eigenvalue weighted by molar-refractivity contribution is -0.142. The predicted molar refractivity (Wildman–Crippen MR) is 59.2 cm³/mol. The van der Waals surface area contributed by atoms with Crippen LogP contribution in [0.2, 0.25) is 0 Å². The van der Waals surface area contributed by atoms with Crippen LogP contribution in [0.1, 0.15) is 29.6 Å². The van der Waals surface area contributed by atoms with E-state index in [2.05, 4.69) is 0 Å². The average molecular weight is 254 g/mol. The molecule has 2 atom stereocenters. The van der Waals surface area contributed by atoms with E-state index in [9.17, 15) is 18.4 Å². The van der Waals surface area contributed by atoms with Gasteiger partial charge in [-0.15, -0.1) is 0 Å². The summed E-state index contributed by atoms with van der Waals surface area (Å²) in [6.45, 7) is 0. The van der Waals surface area contributed by atoms with Gasteiger partial charge in [0.1, 0.15) is 0 Å². The van der Waals surface area contributed by atoms with Gasteiger partial charge in [-0.3, -0.25) is 9.59 Å². The molecule has 0 spiro atoms. The molecule has 5 heteroatoms. The highest BCUT2D eigenvalue weighted by Crippen LogP contribution is 2.34. The van der Waals surface area contributed by atoms with Gasteiger partial charge < -0.3 is 5.11 Å². The first kappa shape index (κ1) is 12.7. The molecule has 1 fully saturated rings. The molecule has 1 aliphatic carbocycles. The van der Waals surface area contributed by atoms with Gasteiger partial charge in [-0.2, -0.15) is 0 Å². The zero-order valence-electron chi connectivity index (χ0n) is 9.53. The maximum absolute atomic E-state index is 13.0. The molecule has 2 unspecified atom stereocenters. The number of halogens is 2. The van der Waals surface area contributed by atoms with Crippen LogP contribution < -0.4 is 0 Å². The number of rotatable bonds is 3. The fourth-order valence-corrected chi connectivity index (χ4v) is 2.43. The molecule has 1 N–H and O–H groups in total. The molecule has 0 bridgehead atoms. The third-order valence-corrected chi connectivity index (χ3v) is 3.37. The Labute approximate surface area is 102 Å². The Hall–Kier alpha value is -1.78. The number of carbonyl (C=O) groups excluding carboxylic acids is 1. The molecule has 18 heavy (non-hydrogen) atoms. The maximum atomic E-state index is 13.0. The fourth-order valence-electron chi connectivity index (χ4n) is 2.43. The van der Waals surface area contributed by atoms with Crippen LogP contribution in [0.3, 0.4) is 0 Å². The first-order valence-corrected chi connectivity index (χ1v) is 5.73. The van der Waals surface area contributed by atoms with Crippen LogP contribution in [-0.2, 0) is 4.79 Å². The molecule has 0 aromatic heterocycles. The van der Waals surface area contributed by atoms with Crippen molar-refractivity contribution in [2.75, 3.05) is 0 Å². The Morgan fingerprint density at radius 3 is 2.39 bits per heavy atom. The molecule has 0 saturated heterocycles. The lowest BCUT2D eigenvalue weighted by atomic mass is 9.88. The number of hydrogen-bond acceptors (Lipinski definition) is 2. The number of carboxylic acids is 1. The van der Waals surface area contributed by atoms with Gasteiger partial charge >= 0.3 is 5.97 Å². The number of hydrogen-bond donors (Lipinski definition) is 1. The van der Waals surface area contributed by atoms with Crippen molar-refractivity contribution in [3.05, 3.63) is 35.4 Å². The number of aliphatic carboxylic acids is 1. The van der Waals surface area contributed by atoms with Crippen molar-refractivity contribution in [2.24, 2.45) is 11.8 Å². The molecular weight excluding hydrogens is 242 g/mol. The van der Waals surface area contributed by atoms with Crippen molar-refractivity contribution in [1.82, 2.24) is 0 Å². The molecule has 2 rings (SSSR count). The van der Waals surface area contributed by atoms with E-state index in [1.54, 1.807) is 0 Å². The molecule has 1 aromatic carbocycles. The third-order valence-electron chi connectivity index (χ3n) is 3.37. The monoisotopic (exact) mass is 254 g/mol. The van der Waals surface area contributed by atoms with Crippen LogP contribution >= 0.6 is 0 Å². The molecule has 1 aliphatic rings. The Kier molecular flexibility index (Phi) is 3.41. The minimum absolute atomic E-state index is 0.0343. The average Bonchev–Trinajstić information content (AvgIpc) is 2.81. The molecule has 0 heterocycles. The van der Waals surface area contributed by atoms with Gasteiger partial charge in [-0.1, -0.05) is 6.42 Å². The van der Waals surface area contributed by atoms with E-state index in [1.165, 1.54) is 6.07 Å². The van der Waals surface area contributed by atoms with E-state index < -0.39 is 35.2 Å². The minimum atomic E-state index is -1.09. The van der Waals surface area contributed by atoms with E-state index in [0.717, 1.165) is 12.1 Å². The Balaban J connectivity index is 2.25. The van der Waals surface area contributed by atoms with Gasteiger partial charge in [0.15, 0.2) is 17.4 Å². The van der Waals surface area contributed by atoms with Gasteiger partial charge in [0, 0.05) is 11.5 Å². The van der Waals surface area contributed by atoms with Crippen molar-refractivity contribution < 1.29 is 23.5 Å². The van der Waals surface area contributed by atoms with Crippen LogP contribution in [0, 0.1) is 23.5 Å². The first-order chi connectivity index (χ1) is 8.50. The van der Waals surface area contributed by atoms with Crippen molar-refractivity contribution in [2.45, 2.75) is 19.3 Å². The zero-order chi connectivity index (χ0) is 13.3. The highest BCUT2D eigenvalue weighted by molar-refractivity contribution is 6.00. The number of carboxylic acid groups (broad SMARTS) is 1. The molecule has 3 nitrogen and oxygen atoms in total. The standard InChI is InChI=1S/C13H12F2O3/c14-10-5-4-7(6-11(10)15)12(16)8-2-1-3-9(8)13(17)18/h4-6,8-9H,1-3H2,(H,17,18). The summed E-state index contributed by atoms with van der Waals surface area (Å²) in [4.78, 5) is 23.1. The molecule has 0 amide bonds. The second-order valence-corrected chi connectivity index (χ2v) is 4.48. The van der Waals surface area contributed by atoms with Gasteiger partial charge in [0.25, 0.3) is 0 Å². The highest BCUT2D eigenvalue weighted by atomic mass is 19.2. The zero-order valence-corrected chi connectivity index (χ0v) is 9.53. The lowest BCUT2D eigenvalue weighted by Crippen LogP contribution is -2.25. The predicted octanol–water partition coefficient (Wildman–Crippen LogP) is 2.65. The van der Waals surface area contributed by atoms with Crippen molar-refractivity contribution in [3.8, 4) is 0 Å². The van der Waals surface area contributed by atoms with Gasteiger partial charge in [0.2, 0.25) is 0 Å². The summed E-state index contributed by atoms with van der Waals surface area (Å²) < 4.78 is 25.8. The van der Waals surface area contributed by atoms with Crippen LogP contribution in [0.5, 0.6) is 0 Å². The number of benzene rings is 1. The van der Waals surface area contributed by atoms with Crippen LogP contribution in [0.4, 0.5) is 8.78 Å². The van der Waals surface area contributed by atoms with Crippen LogP contribution in [0.15, 0.2) is 18.2 Å². The second-order valence-electron chi connectivity index (χ2n) is 4.48. The Morgan fingerprint density at radius 1 is 1.11 bits per heavy atom. The Morgan fingerprint density at radius 2 is 1.78 bits per heavy atom. The SMILES string of the molecule is O=C(O)C1CCCC1C(=O)c1ccc(F)c(F)c1. The summed E-state index contributed by atoms with van der Waals surface area (Å²) in [5, 5.41) is 8.99. The summed E-state index contributed by atoms with van der Waals surface area (Å²) in [7, 11) is 0. The Bertz CT molecular complexity index is 499. The normalized spacial score (nSPS) is 23.0. The first-order valence-electron chi connectivity index (χ1n) is 5.73. The van der Waals surface area contributed by atoms with Gasteiger partial charge in [-0.25, -0.2) is 8.78 Å². The van der Waals surface area contributed by atoms with Gasteiger partial charge in [-0.05, 0) is 31.0 Å². The smallest absolute Gasteiger partial charge is 0.307 e. The molecule has 96 valence electrons. The van der Waals surface area contributed by atoms with Crippen molar-refractivity contribution >= 4 is 11.8 Å². The molecule has 0 radical (unpaired) electrons. The summed E-state index contributed by atoms with van der Waals surface area (Å²) >= 11 is 0. The molecule has 1 saturated carbocycles. The third kappa shape index (κ3) is 2.25. The number of carbonyl (C=O) groups is 2. The molecule has 0 aliphatic heterocycles. The number of ketones is 1. The molecular formula is C13H12F2O3. The van der Waals surface area contributed by atoms with Crippen LogP contribution in [0.25, 0.3) is 0 Å². The second kappa shape index (κ2) is 4.84. The van der Waals surface area contributed by atoms with E-state index in [4.69, 9.17) is 5.11 Å². The lowest BCUT2D eigenvalue weighted by Gasteiger charge is -2.14. The number of Topliss-reactive ketones (excluding diaryl/α,β-unsaturated/α-hetero) is 1. The van der Waals surface area contributed by atoms with E-state index >= 15 is 0 Å². The van der Waals surface area contributed by atoms with E-state index in [-0.39, 0.29) is 5.56 Å². The summed E-state index contributed by atoms with van der Waals surface area (Å²) in [5.74, 6) is -4.89. The van der Waals surface area contributed by atoms with Crippen molar-refractivity contribution in [1.29, 1.82) is 0 Å². The summed E-state index contributed by atoms with van der Waals surface area (Å²) in [6, 6.07) is 2.90. The van der Waals surface area contributed by atoms with Gasteiger partial charge in [0.05, 0.1) is 5.92 Å². The topological polar surface area (TPSA) is 54.4 Å². The van der Waals surface area contributed by atoms with E-state index in [0.29, 0.717) is 19.3 Å². The summed E-state index contributed by atoms with van der Waals surface area (Å²) in [5.41, 5.74) is 0.0343. The van der Waals surface area contributed by atoms with Crippen LogP contribution in [-0.4, -0.2) is 16.9 Å². The fraction of sp³-hybridized carbons (Fsp3) is 0.385. The minimum Gasteiger partial charge on any atom is -0.481 e. The summed E-state index contributed by atoms with van der Waals surface area (Å²) in [6.07, 6.45) is 1.60. The van der Waals surface area contributed by atoms with E-state index in [1.807, 2.05) is 0 Å². The quantitative estimate of drug-likeness (QED) is 0.843. The molecule has 1 aromatic rings.